The Balaban J connectivity index is 2.17. The summed E-state index contributed by atoms with van der Waals surface area (Å²) in [6, 6.07) is 0. The minimum absolute atomic E-state index is 0.241. The summed E-state index contributed by atoms with van der Waals surface area (Å²) in [7, 11) is 0. The van der Waals surface area contributed by atoms with Crippen LogP contribution in [0.15, 0.2) is 0 Å². The Labute approximate surface area is 163 Å². The van der Waals surface area contributed by atoms with Crippen molar-refractivity contribution in [1.29, 1.82) is 5.41 Å². The predicted molar refractivity (Wildman–Crippen MR) is 85.5 cm³/mol. The normalized spacial score (nSPS) is 14.7. The van der Waals surface area contributed by atoms with Gasteiger partial charge in [0, 0.05) is 5.92 Å². The Hall–Kier alpha value is -2.99. The van der Waals surface area contributed by atoms with E-state index in [0.29, 0.717) is 12.8 Å². The van der Waals surface area contributed by atoms with E-state index in [1.165, 1.54) is 0 Å². The van der Waals surface area contributed by atoms with Crippen molar-refractivity contribution in [2.24, 2.45) is 5.92 Å². The van der Waals surface area contributed by atoms with E-state index in [2.05, 4.69) is 14.8 Å². The zero-order chi connectivity index (χ0) is 22.2. The number of aromatic nitrogens is 2. The SMILES string of the molecule is N=C(C1CCCCC1)N(Oc1c(F)c(F)nc(F)c1F)c1c(F)c(F)nc(F)c1F. The van der Waals surface area contributed by atoms with Crippen LogP contribution in [-0.2, 0) is 0 Å². The number of rotatable bonds is 4. The van der Waals surface area contributed by atoms with Gasteiger partial charge in [0.1, 0.15) is 5.84 Å². The van der Waals surface area contributed by atoms with Crippen LogP contribution in [0.2, 0.25) is 0 Å². The van der Waals surface area contributed by atoms with Gasteiger partial charge in [0.05, 0.1) is 0 Å². The largest absolute Gasteiger partial charge is 0.367 e. The molecule has 0 unspecified atom stereocenters. The number of hydrogen-bond acceptors (Lipinski definition) is 4. The third-order valence-electron chi connectivity index (χ3n) is 4.53. The van der Waals surface area contributed by atoms with E-state index in [0.717, 1.165) is 6.42 Å². The Morgan fingerprint density at radius 2 is 1.17 bits per heavy atom. The molecule has 162 valence electrons. The predicted octanol–water partition coefficient (Wildman–Crippen LogP) is 4.95. The second-order valence-electron chi connectivity index (χ2n) is 6.43. The summed E-state index contributed by atoms with van der Waals surface area (Å²) in [5.74, 6) is -20.7. The van der Waals surface area contributed by atoms with Gasteiger partial charge in [-0.1, -0.05) is 19.3 Å². The summed E-state index contributed by atoms with van der Waals surface area (Å²) < 4.78 is 110. The molecule has 0 bridgehead atoms. The quantitative estimate of drug-likeness (QED) is 0.240. The van der Waals surface area contributed by atoms with Crippen LogP contribution >= 0.6 is 0 Å². The summed E-state index contributed by atoms with van der Waals surface area (Å²) in [6.45, 7) is 0. The van der Waals surface area contributed by atoms with E-state index in [1.807, 2.05) is 0 Å². The topological polar surface area (TPSA) is 62.1 Å². The Kier molecular flexibility index (Phi) is 6.08. The third-order valence-corrected chi connectivity index (χ3v) is 4.53. The molecule has 1 saturated carbocycles. The first-order valence-corrected chi connectivity index (χ1v) is 8.60. The van der Waals surface area contributed by atoms with Crippen LogP contribution in [0.4, 0.5) is 40.8 Å². The van der Waals surface area contributed by atoms with Crippen molar-refractivity contribution in [3.05, 3.63) is 47.1 Å². The van der Waals surface area contributed by atoms with E-state index in [9.17, 15) is 35.1 Å². The fourth-order valence-electron chi connectivity index (χ4n) is 3.05. The summed E-state index contributed by atoms with van der Waals surface area (Å²) in [5, 5.41) is 7.92. The molecule has 2 aromatic rings. The van der Waals surface area contributed by atoms with Gasteiger partial charge in [0.2, 0.25) is 29.0 Å². The molecule has 0 atom stereocenters. The molecule has 3 rings (SSSR count). The number of anilines is 1. The molecule has 2 aromatic heterocycles. The molecule has 0 saturated heterocycles. The molecule has 1 aliphatic rings. The smallest absolute Gasteiger partial charge is 0.255 e. The Morgan fingerprint density at radius 3 is 1.63 bits per heavy atom. The van der Waals surface area contributed by atoms with Crippen LogP contribution < -0.4 is 9.90 Å². The number of hydrogen-bond donors (Lipinski definition) is 1. The summed E-state index contributed by atoms with van der Waals surface area (Å²) >= 11 is 0. The molecule has 0 spiro atoms. The van der Waals surface area contributed by atoms with Crippen LogP contribution in [-0.4, -0.2) is 15.8 Å². The lowest BCUT2D eigenvalue weighted by atomic mass is 9.88. The zero-order valence-corrected chi connectivity index (χ0v) is 14.9. The lowest BCUT2D eigenvalue weighted by Gasteiger charge is -2.31. The highest BCUT2D eigenvalue weighted by molar-refractivity contribution is 5.96. The van der Waals surface area contributed by atoms with Crippen molar-refractivity contribution >= 4 is 11.5 Å². The van der Waals surface area contributed by atoms with Crippen molar-refractivity contribution in [3.8, 4) is 5.75 Å². The van der Waals surface area contributed by atoms with E-state index in [1.54, 1.807) is 0 Å². The molecular formula is C17H12F8N4O. The average Bonchev–Trinajstić information content (AvgIpc) is 2.72. The van der Waals surface area contributed by atoms with Crippen LogP contribution in [0.1, 0.15) is 32.1 Å². The third kappa shape index (κ3) is 3.87. The summed E-state index contributed by atoms with van der Waals surface area (Å²) in [5.41, 5.74) is -1.70. The minimum atomic E-state index is -2.19. The number of nitrogens with one attached hydrogen (secondary N) is 1. The maximum absolute atomic E-state index is 14.3. The number of nitrogens with zero attached hydrogens (tertiary/aromatic N) is 3. The fourth-order valence-corrected chi connectivity index (χ4v) is 3.05. The lowest BCUT2D eigenvalue weighted by molar-refractivity contribution is 0.257. The van der Waals surface area contributed by atoms with E-state index < -0.39 is 70.3 Å². The van der Waals surface area contributed by atoms with Crippen molar-refractivity contribution in [3.63, 3.8) is 0 Å². The molecule has 2 heterocycles. The second kappa shape index (κ2) is 8.40. The molecule has 0 amide bonds. The van der Waals surface area contributed by atoms with Crippen LogP contribution in [0.5, 0.6) is 5.75 Å². The van der Waals surface area contributed by atoms with E-state index in [-0.39, 0.29) is 17.9 Å². The first kappa shape index (κ1) is 21.7. The zero-order valence-electron chi connectivity index (χ0n) is 14.9. The van der Waals surface area contributed by atoms with Crippen LogP contribution in [0.25, 0.3) is 0 Å². The molecule has 5 nitrogen and oxygen atoms in total. The van der Waals surface area contributed by atoms with Crippen molar-refractivity contribution < 1.29 is 40.0 Å². The van der Waals surface area contributed by atoms with E-state index in [4.69, 9.17) is 5.41 Å². The first-order valence-electron chi connectivity index (χ1n) is 8.60. The fraction of sp³-hybridized carbons (Fsp3) is 0.353. The lowest BCUT2D eigenvalue weighted by Crippen LogP contribution is -2.41. The molecule has 0 aromatic carbocycles. The highest BCUT2D eigenvalue weighted by Crippen LogP contribution is 2.34. The summed E-state index contributed by atoms with van der Waals surface area (Å²) in [6.07, 6.45) is 2.48. The standard InChI is InChI=1S/C17H12F8N4O/c18-7-11(8(19)14(23)27-13(7)22)29(17(26)6-4-2-1-3-5-6)30-12-9(20)15(24)28-16(25)10(12)21/h6,26H,1-5H2. The van der Waals surface area contributed by atoms with Gasteiger partial charge in [-0.3, -0.25) is 5.41 Å². The van der Waals surface area contributed by atoms with Crippen molar-refractivity contribution in [1.82, 2.24) is 9.97 Å². The minimum Gasteiger partial charge on any atom is -0.367 e. The maximum atomic E-state index is 14.3. The summed E-state index contributed by atoms with van der Waals surface area (Å²) in [4.78, 5) is 9.25. The Morgan fingerprint density at radius 1 is 0.733 bits per heavy atom. The average molecular weight is 440 g/mol. The molecule has 1 fully saturated rings. The number of halogens is 8. The van der Waals surface area contributed by atoms with Gasteiger partial charge in [-0.15, -0.1) is 0 Å². The van der Waals surface area contributed by atoms with Gasteiger partial charge in [0.25, 0.3) is 23.8 Å². The molecule has 1 N–H and O–H groups in total. The van der Waals surface area contributed by atoms with E-state index >= 15 is 0 Å². The van der Waals surface area contributed by atoms with Crippen LogP contribution in [0, 0.1) is 58.4 Å². The highest BCUT2D eigenvalue weighted by Gasteiger charge is 2.35. The van der Waals surface area contributed by atoms with Gasteiger partial charge in [-0.2, -0.15) is 50.2 Å². The van der Waals surface area contributed by atoms with Gasteiger partial charge >= 0.3 is 0 Å². The number of amidine groups is 1. The van der Waals surface area contributed by atoms with Crippen LogP contribution in [0.3, 0.4) is 0 Å². The molecule has 1 aliphatic carbocycles. The monoisotopic (exact) mass is 440 g/mol. The van der Waals surface area contributed by atoms with Crippen molar-refractivity contribution in [2.45, 2.75) is 32.1 Å². The molecule has 0 aliphatic heterocycles. The molecular weight excluding hydrogens is 428 g/mol. The molecule has 30 heavy (non-hydrogen) atoms. The van der Waals surface area contributed by atoms with Crippen molar-refractivity contribution in [2.75, 3.05) is 5.06 Å². The van der Waals surface area contributed by atoms with Gasteiger partial charge in [-0.05, 0) is 12.8 Å². The second-order valence-corrected chi connectivity index (χ2v) is 6.43. The highest BCUT2D eigenvalue weighted by atomic mass is 19.2. The molecule has 0 radical (unpaired) electrons. The first-order chi connectivity index (χ1) is 14.1. The van der Waals surface area contributed by atoms with Gasteiger partial charge in [-0.25, -0.2) is 0 Å². The molecule has 13 heteroatoms. The van der Waals surface area contributed by atoms with Gasteiger partial charge in [0.15, 0.2) is 5.69 Å². The Bertz CT molecular complexity index is 944. The number of pyridine rings is 2. The number of hydroxylamine groups is 1. The maximum Gasteiger partial charge on any atom is 0.255 e. The van der Waals surface area contributed by atoms with Gasteiger partial charge < -0.3 is 4.84 Å².